The number of hydrogen-bond donors (Lipinski definition) is 1. The zero-order chi connectivity index (χ0) is 15.5. The van der Waals surface area contributed by atoms with E-state index in [1.54, 1.807) is 24.6 Å². The number of rotatable bonds is 4. The first kappa shape index (κ1) is 14.6. The predicted octanol–water partition coefficient (Wildman–Crippen LogP) is 2.63. The smallest absolute Gasteiger partial charge is 0.267 e. The number of carbonyl (C=O) groups is 1. The summed E-state index contributed by atoms with van der Waals surface area (Å²) < 4.78 is 1.19. The van der Waals surface area contributed by atoms with E-state index in [0.29, 0.717) is 10.8 Å². The van der Waals surface area contributed by atoms with E-state index in [-0.39, 0.29) is 11.5 Å². The first-order chi connectivity index (χ1) is 10.6. The topological polar surface area (TPSA) is 76.9 Å². The predicted molar refractivity (Wildman–Crippen MR) is 87.3 cm³/mol. The van der Waals surface area contributed by atoms with Gasteiger partial charge < -0.3 is 5.32 Å². The van der Waals surface area contributed by atoms with Crippen LogP contribution in [0.15, 0.2) is 46.0 Å². The van der Waals surface area contributed by atoms with E-state index in [9.17, 15) is 9.59 Å². The Morgan fingerprint density at radius 1 is 1.27 bits per heavy atom. The van der Waals surface area contributed by atoms with Crippen molar-refractivity contribution in [2.24, 2.45) is 0 Å². The fourth-order valence-corrected chi connectivity index (χ4v) is 3.09. The van der Waals surface area contributed by atoms with Crippen LogP contribution in [0.4, 0.5) is 5.13 Å². The average molecular weight is 332 g/mol. The Bertz CT molecular complexity index is 825. The molecule has 1 unspecified atom stereocenters. The molecule has 0 radical (unpaired) electrons. The van der Waals surface area contributed by atoms with Gasteiger partial charge in [-0.05, 0) is 24.4 Å². The molecule has 0 aliphatic carbocycles. The summed E-state index contributed by atoms with van der Waals surface area (Å²) in [6.07, 6.45) is 1.60. The lowest BCUT2D eigenvalue weighted by Crippen LogP contribution is -2.33. The zero-order valence-corrected chi connectivity index (χ0v) is 13.2. The fourth-order valence-electron chi connectivity index (χ4n) is 1.86. The maximum atomic E-state index is 12.2. The molecule has 0 spiro atoms. The maximum Gasteiger partial charge on any atom is 0.267 e. The Balaban J connectivity index is 1.88. The molecular formula is C14H12N4O2S2. The van der Waals surface area contributed by atoms with Crippen molar-refractivity contribution < 1.29 is 4.79 Å². The second-order valence-electron chi connectivity index (χ2n) is 4.48. The Kier molecular flexibility index (Phi) is 4.12. The molecule has 112 valence electrons. The van der Waals surface area contributed by atoms with E-state index in [2.05, 4.69) is 15.4 Å². The molecule has 1 atom stereocenters. The van der Waals surface area contributed by atoms with Gasteiger partial charge in [-0.3, -0.25) is 9.59 Å². The standard InChI is InChI=1S/C14H12N4O2S2/c1-9(13(20)16-14-15-6-8-22-14)18-12(19)5-4-10(17-18)11-3-2-7-21-11/h2-9H,1H3,(H,15,16,20). The van der Waals surface area contributed by atoms with Crippen LogP contribution >= 0.6 is 22.7 Å². The fraction of sp³-hybridized carbons (Fsp3) is 0.143. The number of carbonyl (C=O) groups excluding carboxylic acids is 1. The normalized spacial score (nSPS) is 12.0. The van der Waals surface area contributed by atoms with Gasteiger partial charge in [-0.1, -0.05) is 6.07 Å². The molecule has 3 aromatic rings. The monoisotopic (exact) mass is 332 g/mol. The van der Waals surface area contributed by atoms with E-state index in [1.807, 2.05) is 17.5 Å². The van der Waals surface area contributed by atoms with Gasteiger partial charge in [-0.25, -0.2) is 9.67 Å². The first-order valence-electron chi connectivity index (χ1n) is 6.49. The molecular weight excluding hydrogens is 320 g/mol. The van der Waals surface area contributed by atoms with Gasteiger partial charge in [0.1, 0.15) is 11.7 Å². The van der Waals surface area contributed by atoms with Crippen molar-refractivity contribution in [3.8, 4) is 10.6 Å². The molecule has 1 amide bonds. The summed E-state index contributed by atoms with van der Waals surface area (Å²) in [5.74, 6) is -0.326. The van der Waals surface area contributed by atoms with Crippen LogP contribution in [-0.2, 0) is 4.79 Å². The number of amides is 1. The average Bonchev–Trinajstić information content (AvgIpc) is 3.20. The van der Waals surface area contributed by atoms with E-state index < -0.39 is 6.04 Å². The van der Waals surface area contributed by atoms with Gasteiger partial charge in [0.05, 0.1) is 4.88 Å². The SMILES string of the molecule is CC(C(=O)Nc1nccs1)n1nc(-c2cccs2)ccc1=O. The summed E-state index contributed by atoms with van der Waals surface area (Å²) in [6.45, 7) is 1.63. The number of nitrogens with one attached hydrogen (secondary N) is 1. The summed E-state index contributed by atoms with van der Waals surface area (Å²) >= 11 is 2.85. The summed E-state index contributed by atoms with van der Waals surface area (Å²) in [6, 6.07) is 6.19. The van der Waals surface area contributed by atoms with Crippen molar-refractivity contribution in [3.63, 3.8) is 0 Å². The molecule has 8 heteroatoms. The highest BCUT2D eigenvalue weighted by molar-refractivity contribution is 7.14. The lowest BCUT2D eigenvalue weighted by molar-refractivity contribution is -0.119. The van der Waals surface area contributed by atoms with E-state index >= 15 is 0 Å². The van der Waals surface area contributed by atoms with Gasteiger partial charge in [-0.2, -0.15) is 5.10 Å². The molecule has 0 bridgehead atoms. The Morgan fingerprint density at radius 2 is 2.14 bits per heavy atom. The Hall–Kier alpha value is -2.32. The molecule has 0 aliphatic rings. The highest BCUT2D eigenvalue weighted by Crippen LogP contribution is 2.22. The third-order valence-corrected chi connectivity index (χ3v) is 4.59. The zero-order valence-electron chi connectivity index (χ0n) is 11.6. The first-order valence-corrected chi connectivity index (χ1v) is 8.25. The molecule has 0 fully saturated rings. The number of thiophene rings is 1. The quantitative estimate of drug-likeness (QED) is 0.797. The number of thiazole rings is 1. The van der Waals surface area contributed by atoms with Crippen molar-refractivity contribution in [2.75, 3.05) is 5.32 Å². The number of anilines is 1. The summed E-state index contributed by atoms with van der Waals surface area (Å²) in [5.41, 5.74) is 0.352. The number of aromatic nitrogens is 3. The highest BCUT2D eigenvalue weighted by atomic mass is 32.1. The molecule has 6 nitrogen and oxygen atoms in total. The second-order valence-corrected chi connectivity index (χ2v) is 6.32. The van der Waals surface area contributed by atoms with E-state index in [0.717, 1.165) is 4.88 Å². The molecule has 3 rings (SSSR count). The maximum absolute atomic E-state index is 12.2. The van der Waals surface area contributed by atoms with Crippen LogP contribution in [0, 0.1) is 0 Å². The molecule has 0 aliphatic heterocycles. The van der Waals surface area contributed by atoms with Gasteiger partial charge in [0.2, 0.25) is 0 Å². The molecule has 3 heterocycles. The van der Waals surface area contributed by atoms with Gasteiger partial charge in [0.25, 0.3) is 11.5 Å². The van der Waals surface area contributed by atoms with Crippen molar-refractivity contribution in [1.29, 1.82) is 0 Å². The van der Waals surface area contributed by atoms with Gasteiger partial charge in [0, 0.05) is 17.6 Å². The minimum atomic E-state index is -0.726. The third kappa shape index (κ3) is 2.97. The second kappa shape index (κ2) is 6.20. The summed E-state index contributed by atoms with van der Waals surface area (Å²) in [7, 11) is 0. The molecule has 0 saturated carbocycles. The van der Waals surface area contributed by atoms with Crippen LogP contribution in [0.1, 0.15) is 13.0 Å². The third-order valence-electron chi connectivity index (χ3n) is 3.01. The van der Waals surface area contributed by atoms with Gasteiger partial charge >= 0.3 is 0 Å². The Labute approximate surface area is 134 Å². The van der Waals surface area contributed by atoms with E-state index in [4.69, 9.17) is 0 Å². The summed E-state index contributed by atoms with van der Waals surface area (Å²) in [5, 5.41) is 11.2. The van der Waals surface area contributed by atoms with Gasteiger partial charge in [0.15, 0.2) is 5.13 Å². The number of nitrogens with zero attached hydrogens (tertiary/aromatic N) is 3. The van der Waals surface area contributed by atoms with Crippen LogP contribution in [0.3, 0.4) is 0 Å². The largest absolute Gasteiger partial charge is 0.300 e. The van der Waals surface area contributed by atoms with Gasteiger partial charge in [-0.15, -0.1) is 22.7 Å². The summed E-state index contributed by atoms with van der Waals surface area (Å²) in [4.78, 5) is 29.2. The van der Waals surface area contributed by atoms with Crippen LogP contribution in [0.25, 0.3) is 10.6 Å². The van der Waals surface area contributed by atoms with Crippen LogP contribution in [-0.4, -0.2) is 20.7 Å². The van der Waals surface area contributed by atoms with Crippen LogP contribution in [0.5, 0.6) is 0 Å². The van der Waals surface area contributed by atoms with Crippen LogP contribution in [0.2, 0.25) is 0 Å². The molecule has 22 heavy (non-hydrogen) atoms. The molecule has 0 saturated heterocycles. The number of hydrogen-bond acceptors (Lipinski definition) is 6. The van der Waals surface area contributed by atoms with Crippen molar-refractivity contribution in [3.05, 3.63) is 51.6 Å². The Morgan fingerprint density at radius 3 is 2.82 bits per heavy atom. The minimum Gasteiger partial charge on any atom is -0.300 e. The lowest BCUT2D eigenvalue weighted by atomic mass is 10.3. The molecule has 3 aromatic heterocycles. The lowest BCUT2D eigenvalue weighted by Gasteiger charge is -2.13. The van der Waals surface area contributed by atoms with Crippen molar-refractivity contribution in [1.82, 2.24) is 14.8 Å². The molecule has 1 N–H and O–H groups in total. The van der Waals surface area contributed by atoms with Crippen LogP contribution < -0.4 is 10.9 Å². The van der Waals surface area contributed by atoms with Crippen molar-refractivity contribution in [2.45, 2.75) is 13.0 Å². The minimum absolute atomic E-state index is 0.318. The van der Waals surface area contributed by atoms with Crippen molar-refractivity contribution >= 4 is 33.7 Å². The van der Waals surface area contributed by atoms with E-state index in [1.165, 1.54) is 33.4 Å². The molecule has 0 aromatic carbocycles. The highest BCUT2D eigenvalue weighted by Gasteiger charge is 2.19.